The van der Waals surface area contributed by atoms with Gasteiger partial charge in [-0.1, -0.05) is 23.7 Å². The quantitative estimate of drug-likeness (QED) is 0.321. The van der Waals surface area contributed by atoms with E-state index in [-0.39, 0.29) is 0 Å². The molecular weight excluding hydrogens is 468 g/mol. The lowest BCUT2D eigenvalue weighted by atomic mass is 10.1. The van der Waals surface area contributed by atoms with E-state index < -0.39 is 0 Å². The monoisotopic (exact) mass is 494 g/mol. The van der Waals surface area contributed by atoms with E-state index in [0.29, 0.717) is 52.9 Å². The fraction of sp³-hybridized carbons (Fsp3) is 0.231. The van der Waals surface area contributed by atoms with Gasteiger partial charge in [0.1, 0.15) is 16.8 Å². The van der Waals surface area contributed by atoms with E-state index in [2.05, 4.69) is 14.9 Å². The average Bonchev–Trinajstić information content (AvgIpc) is 2.87. The zero-order valence-corrected chi connectivity index (χ0v) is 20.8. The normalized spacial score (nSPS) is 10.8. The second kappa shape index (κ2) is 10.6. The van der Waals surface area contributed by atoms with Crippen molar-refractivity contribution >= 4 is 34.0 Å². The minimum atomic E-state index is 0.364. The average molecular weight is 495 g/mol. The summed E-state index contributed by atoms with van der Waals surface area (Å²) in [4.78, 5) is 11.1. The summed E-state index contributed by atoms with van der Waals surface area (Å²) in [6.07, 6.45) is 1.72. The van der Waals surface area contributed by atoms with Crippen LogP contribution in [0.15, 0.2) is 54.7 Å². The second-order valence-corrected chi connectivity index (χ2v) is 8.22. The van der Waals surface area contributed by atoms with Crippen LogP contribution in [0.4, 0.5) is 11.6 Å². The zero-order valence-electron chi connectivity index (χ0n) is 20.0. The third-order valence-electron chi connectivity index (χ3n) is 5.63. The molecule has 2 aromatic heterocycles. The Kier molecular flexibility index (Phi) is 7.31. The predicted molar refractivity (Wildman–Crippen MR) is 138 cm³/mol. The molecule has 0 spiro atoms. The first-order chi connectivity index (χ1) is 16.9. The van der Waals surface area contributed by atoms with Crippen LogP contribution >= 0.6 is 11.6 Å². The summed E-state index contributed by atoms with van der Waals surface area (Å²) in [5, 5.41) is 2.06. The van der Waals surface area contributed by atoms with E-state index in [1.807, 2.05) is 36.4 Å². The van der Waals surface area contributed by atoms with Gasteiger partial charge in [-0.3, -0.25) is 0 Å². The van der Waals surface area contributed by atoms with Gasteiger partial charge in [0.2, 0.25) is 0 Å². The number of rotatable bonds is 9. The Balaban J connectivity index is 1.81. The Hall–Kier alpha value is -3.91. The summed E-state index contributed by atoms with van der Waals surface area (Å²) in [6, 6.07) is 15.2. The van der Waals surface area contributed by atoms with Crippen molar-refractivity contribution in [3.05, 3.63) is 71.0 Å². The first-order valence-electron chi connectivity index (χ1n) is 10.8. The van der Waals surface area contributed by atoms with Crippen molar-refractivity contribution in [3.63, 3.8) is 0 Å². The van der Waals surface area contributed by atoms with Crippen LogP contribution in [0, 0.1) is 0 Å². The van der Waals surface area contributed by atoms with Crippen molar-refractivity contribution in [3.8, 4) is 23.0 Å². The lowest BCUT2D eigenvalue weighted by molar-refractivity contribution is 0.354. The number of methoxy groups -OCH3 is 4. The largest absolute Gasteiger partial charge is 0.493 e. The van der Waals surface area contributed by atoms with Crippen LogP contribution in [-0.4, -0.2) is 38.4 Å². The number of benzene rings is 2. The molecule has 0 atom stereocenters. The molecule has 8 nitrogen and oxygen atoms in total. The van der Waals surface area contributed by atoms with E-state index in [1.165, 1.54) is 0 Å². The number of ether oxygens (including phenoxy) is 4. The van der Waals surface area contributed by atoms with Crippen LogP contribution in [0.2, 0.25) is 5.15 Å². The van der Waals surface area contributed by atoms with E-state index in [0.717, 1.165) is 21.9 Å². The van der Waals surface area contributed by atoms with Gasteiger partial charge in [0, 0.05) is 24.7 Å². The molecule has 4 aromatic rings. The Morgan fingerprint density at radius 3 is 1.83 bits per heavy atom. The van der Waals surface area contributed by atoms with Gasteiger partial charge >= 0.3 is 0 Å². The summed E-state index contributed by atoms with van der Waals surface area (Å²) < 4.78 is 21.8. The maximum atomic E-state index is 6.43. The van der Waals surface area contributed by atoms with Gasteiger partial charge in [0.15, 0.2) is 23.0 Å². The van der Waals surface area contributed by atoms with Crippen LogP contribution in [-0.2, 0) is 13.1 Å². The topological polar surface area (TPSA) is 92.0 Å². The molecule has 0 amide bonds. The first kappa shape index (κ1) is 24.2. The Morgan fingerprint density at radius 1 is 0.771 bits per heavy atom. The number of hydrogen-bond acceptors (Lipinski definition) is 8. The highest BCUT2D eigenvalue weighted by Gasteiger charge is 2.18. The van der Waals surface area contributed by atoms with Crippen LogP contribution < -0.4 is 29.6 Å². The van der Waals surface area contributed by atoms with Crippen LogP contribution in [0.1, 0.15) is 11.1 Å². The summed E-state index contributed by atoms with van der Waals surface area (Å²) in [5.41, 5.74) is 7.93. The number of nitrogens with zero attached hydrogens (tertiary/aromatic N) is 3. The molecule has 2 N–H and O–H groups in total. The van der Waals surface area contributed by atoms with Gasteiger partial charge in [-0.2, -0.15) is 0 Å². The molecule has 9 heteroatoms. The van der Waals surface area contributed by atoms with Crippen molar-refractivity contribution in [1.82, 2.24) is 9.97 Å². The maximum absolute atomic E-state index is 6.43. The SMILES string of the molecule is COc1ccc(CN(Cc2ccc(OC)c(OC)c2)c2nc(Cl)cc3cc(N)ncc23)cc1OC. The molecule has 2 heterocycles. The molecule has 35 heavy (non-hydrogen) atoms. The summed E-state index contributed by atoms with van der Waals surface area (Å²) in [5.74, 6) is 3.72. The molecule has 0 radical (unpaired) electrons. The predicted octanol–water partition coefficient (Wildman–Crippen LogP) is 5.11. The Labute approximate surface area is 209 Å². The van der Waals surface area contributed by atoms with Crippen molar-refractivity contribution in [2.75, 3.05) is 39.1 Å². The molecule has 0 unspecified atom stereocenters. The summed E-state index contributed by atoms with van der Waals surface area (Å²) in [6.45, 7) is 1.03. The molecule has 4 rings (SSSR count). The lowest BCUT2D eigenvalue weighted by Gasteiger charge is -2.26. The lowest BCUT2D eigenvalue weighted by Crippen LogP contribution is -2.23. The smallest absolute Gasteiger partial charge is 0.161 e. The van der Waals surface area contributed by atoms with Crippen LogP contribution in [0.25, 0.3) is 10.8 Å². The molecule has 0 aliphatic carbocycles. The van der Waals surface area contributed by atoms with E-state index in [9.17, 15) is 0 Å². The Morgan fingerprint density at radius 2 is 1.31 bits per heavy atom. The van der Waals surface area contributed by atoms with Gasteiger partial charge in [-0.25, -0.2) is 9.97 Å². The van der Waals surface area contributed by atoms with Gasteiger partial charge in [0.25, 0.3) is 0 Å². The van der Waals surface area contributed by atoms with E-state index in [1.54, 1.807) is 46.8 Å². The highest BCUT2D eigenvalue weighted by Crippen LogP contribution is 2.34. The first-order valence-corrected chi connectivity index (χ1v) is 11.2. The number of anilines is 2. The third-order valence-corrected chi connectivity index (χ3v) is 5.82. The maximum Gasteiger partial charge on any atom is 0.161 e. The van der Waals surface area contributed by atoms with E-state index in [4.69, 9.17) is 36.3 Å². The van der Waals surface area contributed by atoms with E-state index >= 15 is 0 Å². The molecular formula is C26H27ClN4O4. The zero-order chi connectivity index (χ0) is 24.9. The van der Waals surface area contributed by atoms with Gasteiger partial charge in [-0.15, -0.1) is 0 Å². The summed E-state index contributed by atoms with van der Waals surface area (Å²) >= 11 is 6.43. The van der Waals surface area contributed by atoms with Gasteiger partial charge in [-0.05, 0) is 52.9 Å². The number of aromatic nitrogens is 2. The second-order valence-electron chi connectivity index (χ2n) is 7.83. The molecule has 0 saturated carbocycles. The number of nitrogen functional groups attached to an aromatic ring is 1. The highest BCUT2D eigenvalue weighted by molar-refractivity contribution is 6.30. The van der Waals surface area contributed by atoms with Crippen LogP contribution in [0.5, 0.6) is 23.0 Å². The minimum Gasteiger partial charge on any atom is -0.493 e. The standard InChI is InChI=1S/C26H27ClN4O4/c1-32-20-7-5-16(9-22(20)34-3)14-31(15-17-6-8-21(33-2)23(10-17)35-4)26-19-13-29-25(28)12-18(19)11-24(27)30-26/h5-13H,14-15H2,1-4H3,(H2,28,29). The number of fused-ring (bicyclic) bond motifs is 1. The molecule has 0 bridgehead atoms. The summed E-state index contributed by atoms with van der Waals surface area (Å²) in [7, 11) is 6.46. The fourth-order valence-corrected chi connectivity index (χ4v) is 4.16. The number of halogens is 1. The van der Waals surface area contributed by atoms with Crippen molar-refractivity contribution in [2.24, 2.45) is 0 Å². The molecule has 0 saturated heterocycles. The van der Waals surface area contributed by atoms with Crippen molar-refractivity contribution in [2.45, 2.75) is 13.1 Å². The fourth-order valence-electron chi connectivity index (χ4n) is 3.96. The van der Waals surface area contributed by atoms with Gasteiger partial charge in [0.05, 0.1) is 28.4 Å². The third kappa shape index (κ3) is 5.27. The molecule has 0 aliphatic rings. The highest BCUT2D eigenvalue weighted by atomic mass is 35.5. The molecule has 0 fully saturated rings. The Bertz CT molecular complexity index is 1290. The number of nitrogens with two attached hydrogens (primary N) is 1. The molecule has 182 valence electrons. The molecule has 0 aliphatic heterocycles. The number of pyridine rings is 2. The van der Waals surface area contributed by atoms with Crippen LogP contribution in [0.3, 0.4) is 0 Å². The number of hydrogen-bond donors (Lipinski definition) is 1. The van der Waals surface area contributed by atoms with Gasteiger partial charge < -0.3 is 29.6 Å². The van der Waals surface area contributed by atoms with Crippen molar-refractivity contribution in [1.29, 1.82) is 0 Å². The minimum absolute atomic E-state index is 0.364. The van der Waals surface area contributed by atoms with Crippen molar-refractivity contribution < 1.29 is 18.9 Å². The molecule has 2 aromatic carbocycles.